The summed E-state index contributed by atoms with van der Waals surface area (Å²) in [5.41, 5.74) is 2.11. The van der Waals surface area contributed by atoms with Gasteiger partial charge in [-0.15, -0.1) is 0 Å². The highest BCUT2D eigenvalue weighted by Crippen LogP contribution is 2.25. The van der Waals surface area contributed by atoms with E-state index in [0.29, 0.717) is 28.2 Å². The van der Waals surface area contributed by atoms with Gasteiger partial charge in [-0.25, -0.2) is 9.78 Å². The number of pyridine rings is 1. The molecule has 0 aliphatic rings. The Balaban J connectivity index is 1.78. The zero-order chi connectivity index (χ0) is 19.6. The van der Waals surface area contributed by atoms with Crippen LogP contribution in [-0.4, -0.2) is 35.2 Å². The molecule has 8 heteroatoms. The van der Waals surface area contributed by atoms with E-state index < -0.39 is 18.0 Å². The molecule has 140 valence electrons. The monoisotopic (exact) mass is 369 g/mol. The van der Waals surface area contributed by atoms with Gasteiger partial charge in [-0.2, -0.15) is 0 Å². The molecule has 3 aromatic rings. The van der Waals surface area contributed by atoms with Crippen LogP contribution in [0.2, 0.25) is 0 Å². The molecular formula is C19H19N3O5. The number of fused-ring (bicyclic) bond motifs is 1. The maximum atomic E-state index is 12.6. The SMILES string of the molecule is COc1ccccc1NC(=O)C(C)OC(=O)c1cc(C)nc2onc(C)c12. The van der Waals surface area contributed by atoms with Crippen molar-refractivity contribution in [1.29, 1.82) is 0 Å². The van der Waals surface area contributed by atoms with Gasteiger partial charge in [0.2, 0.25) is 0 Å². The molecule has 0 spiro atoms. The van der Waals surface area contributed by atoms with E-state index in [1.807, 2.05) is 0 Å². The van der Waals surface area contributed by atoms with Gasteiger partial charge >= 0.3 is 5.97 Å². The largest absolute Gasteiger partial charge is 0.495 e. The summed E-state index contributed by atoms with van der Waals surface area (Å²) in [6.07, 6.45) is -1.02. The summed E-state index contributed by atoms with van der Waals surface area (Å²) in [4.78, 5) is 29.2. The number of methoxy groups -OCH3 is 1. The topological polar surface area (TPSA) is 104 Å². The Morgan fingerprint density at radius 1 is 1.22 bits per heavy atom. The predicted octanol–water partition coefficient (Wildman–Crippen LogP) is 3.03. The molecule has 1 unspecified atom stereocenters. The van der Waals surface area contributed by atoms with Crippen molar-refractivity contribution in [2.75, 3.05) is 12.4 Å². The summed E-state index contributed by atoms with van der Waals surface area (Å²) in [7, 11) is 1.51. The second kappa shape index (κ2) is 7.45. The number of benzene rings is 1. The van der Waals surface area contributed by atoms with Crippen molar-refractivity contribution in [3.63, 3.8) is 0 Å². The number of aromatic nitrogens is 2. The molecule has 8 nitrogen and oxygen atoms in total. The average Bonchev–Trinajstić information content (AvgIpc) is 3.02. The fourth-order valence-electron chi connectivity index (χ4n) is 2.64. The third-order valence-electron chi connectivity index (χ3n) is 3.98. The molecule has 0 saturated carbocycles. The first-order chi connectivity index (χ1) is 12.9. The van der Waals surface area contributed by atoms with E-state index in [9.17, 15) is 9.59 Å². The minimum atomic E-state index is -1.02. The van der Waals surface area contributed by atoms with Gasteiger partial charge in [-0.05, 0) is 39.0 Å². The van der Waals surface area contributed by atoms with Gasteiger partial charge in [0.25, 0.3) is 11.6 Å². The molecule has 2 heterocycles. The molecule has 27 heavy (non-hydrogen) atoms. The van der Waals surface area contributed by atoms with Crippen LogP contribution >= 0.6 is 0 Å². The standard InChI is InChI=1S/C19H19N3O5/c1-10-9-13(16-11(2)22-27-18(16)20-10)19(24)26-12(3)17(23)21-14-7-5-6-8-15(14)25-4/h5-9,12H,1-4H3,(H,21,23). The molecule has 1 atom stereocenters. The highest BCUT2D eigenvalue weighted by molar-refractivity contribution is 6.04. The molecule has 1 N–H and O–H groups in total. The number of rotatable bonds is 5. The summed E-state index contributed by atoms with van der Waals surface area (Å²) in [6.45, 7) is 4.93. The molecule has 0 aliphatic heterocycles. The van der Waals surface area contributed by atoms with Crippen LogP contribution in [0.1, 0.15) is 28.7 Å². The van der Waals surface area contributed by atoms with E-state index in [0.717, 1.165) is 0 Å². The first-order valence-electron chi connectivity index (χ1n) is 8.29. The third kappa shape index (κ3) is 3.74. The number of nitrogens with one attached hydrogen (secondary N) is 1. The van der Waals surface area contributed by atoms with Gasteiger partial charge in [0.15, 0.2) is 6.10 Å². The molecule has 0 fully saturated rings. The number of para-hydroxylation sites is 2. The molecular weight excluding hydrogens is 350 g/mol. The van der Waals surface area contributed by atoms with Crippen LogP contribution < -0.4 is 10.1 Å². The summed E-state index contributed by atoms with van der Waals surface area (Å²) < 4.78 is 15.7. The average molecular weight is 369 g/mol. The zero-order valence-electron chi connectivity index (χ0n) is 15.4. The Bertz CT molecular complexity index is 1010. The molecule has 0 aliphatic carbocycles. The van der Waals surface area contributed by atoms with Crippen LogP contribution in [0.15, 0.2) is 34.9 Å². The lowest BCUT2D eigenvalue weighted by Crippen LogP contribution is -2.30. The lowest BCUT2D eigenvalue weighted by Gasteiger charge is -2.15. The van der Waals surface area contributed by atoms with Gasteiger partial charge < -0.3 is 19.3 Å². The lowest BCUT2D eigenvalue weighted by atomic mass is 10.1. The van der Waals surface area contributed by atoms with Gasteiger partial charge in [0, 0.05) is 5.69 Å². The third-order valence-corrected chi connectivity index (χ3v) is 3.98. The second-order valence-electron chi connectivity index (χ2n) is 6.00. The van der Waals surface area contributed by atoms with Crippen molar-refractivity contribution in [3.8, 4) is 5.75 Å². The Hall–Kier alpha value is -3.42. The Labute approximate surface area is 155 Å². The maximum absolute atomic E-state index is 12.6. The van der Waals surface area contributed by atoms with Crippen LogP contribution in [0.5, 0.6) is 5.75 Å². The molecule has 0 radical (unpaired) electrons. The fraction of sp³-hybridized carbons (Fsp3) is 0.263. The minimum absolute atomic E-state index is 0.255. The number of hydrogen-bond donors (Lipinski definition) is 1. The predicted molar refractivity (Wildman–Crippen MR) is 97.8 cm³/mol. The summed E-state index contributed by atoms with van der Waals surface area (Å²) >= 11 is 0. The number of hydrogen-bond acceptors (Lipinski definition) is 7. The molecule has 0 bridgehead atoms. The van der Waals surface area contributed by atoms with Crippen LogP contribution in [0.4, 0.5) is 5.69 Å². The fourth-order valence-corrected chi connectivity index (χ4v) is 2.64. The second-order valence-corrected chi connectivity index (χ2v) is 6.00. The number of ether oxygens (including phenoxy) is 2. The summed E-state index contributed by atoms with van der Waals surface area (Å²) in [6, 6.07) is 8.55. The zero-order valence-corrected chi connectivity index (χ0v) is 15.4. The normalized spacial score (nSPS) is 11.9. The van der Waals surface area contributed by atoms with E-state index in [4.69, 9.17) is 14.0 Å². The van der Waals surface area contributed by atoms with Gasteiger partial charge in [0.05, 0.1) is 29.4 Å². The first kappa shape index (κ1) is 18.4. The highest BCUT2D eigenvalue weighted by atomic mass is 16.5. The quantitative estimate of drug-likeness (QED) is 0.689. The smallest absolute Gasteiger partial charge is 0.339 e. The highest BCUT2D eigenvalue weighted by Gasteiger charge is 2.24. The Morgan fingerprint density at radius 2 is 1.96 bits per heavy atom. The minimum Gasteiger partial charge on any atom is -0.495 e. The number of nitrogens with zero attached hydrogens (tertiary/aromatic N) is 2. The number of aryl methyl sites for hydroxylation is 2. The Morgan fingerprint density at radius 3 is 2.70 bits per heavy atom. The lowest BCUT2D eigenvalue weighted by molar-refractivity contribution is -0.123. The number of carbonyl (C=O) groups is 2. The number of amides is 1. The molecule has 2 aromatic heterocycles. The first-order valence-corrected chi connectivity index (χ1v) is 8.29. The van der Waals surface area contributed by atoms with E-state index in [1.54, 1.807) is 44.2 Å². The van der Waals surface area contributed by atoms with Crippen molar-refractivity contribution in [2.24, 2.45) is 0 Å². The van der Waals surface area contributed by atoms with E-state index in [2.05, 4.69) is 15.5 Å². The maximum Gasteiger partial charge on any atom is 0.339 e. The molecule has 1 amide bonds. The van der Waals surface area contributed by atoms with Crippen LogP contribution in [0, 0.1) is 13.8 Å². The van der Waals surface area contributed by atoms with Gasteiger partial charge in [-0.3, -0.25) is 4.79 Å². The van der Waals surface area contributed by atoms with Crippen molar-refractivity contribution in [3.05, 3.63) is 47.3 Å². The molecule has 0 saturated heterocycles. The Kier molecular flexibility index (Phi) is 5.07. The van der Waals surface area contributed by atoms with Gasteiger partial charge in [-0.1, -0.05) is 17.3 Å². The van der Waals surface area contributed by atoms with Crippen LogP contribution in [0.25, 0.3) is 11.1 Å². The van der Waals surface area contributed by atoms with Crippen molar-refractivity contribution < 1.29 is 23.6 Å². The van der Waals surface area contributed by atoms with Crippen molar-refractivity contribution >= 4 is 28.7 Å². The summed E-state index contributed by atoms with van der Waals surface area (Å²) in [5, 5.41) is 6.99. The number of anilines is 1. The number of carbonyl (C=O) groups excluding carboxylic acids is 2. The van der Waals surface area contributed by atoms with Crippen molar-refractivity contribution in [1.82, 2.24) is 10.1 Å². The van der Waals surface area contributed by atoms with Gasteiger partial charge in [0.1, 0.15) is 5.75 Å². The van der Waals surface area contributed by atoms with E-state index >= 15 is 0 Å². The van der Waals surface area contributed by atoms with E-state index in [-0.39, 0.29) is 11.3 Å². The molecule has 1 aromatic carbocycles. The number of esters is 1. The van der Waals surface area contributed by atoms with E-state index in [1.165, 1.54) is 14.0 Å². The van der Waals surface area contributed by atoms with Crippen molar-refractivity contribution in [2.45, 2.75) is 26.9 Å². The summed E-state index contributed by atoms with van der Waals surface area (Å²) in [5.74, 6) is -0.618. The van der Waals surface area contributed by atoms with Crippen LogP contribution in [-0.2, 0) is 9.53 Å². The van der Waals surface area contributed by atoms with Crippen LogP contribution in [0.3, 0.4) is 0 Å². The molecule has 3 rings (SSSR count).